The van der Waals surface area contributed by atoms with Crippen molar-refractivity contribution in [1.29, 1.82) is 0 Å². The second kappa shape index (κ2) is 10.0. The van der Waals surface area contributed by atoms with Gasteiger partial charge in [0.05, 0.1) is 24.9 Å². The molecule has 0 saturated heterocycles. The van der Waals surface area contributed by atoms with Crippen molar-refractivity contribution < 1.29 is 14.3 Å². The fourth-order valence-corrected chi connectivity index (χ4v) is 2.73. The first kappa shape index (κ1) is 20.8. The quantitative estimate of drug-likeness (QED) is 0.464. The van der Waals surface area contributed by atoms with Gasteiger partial charge in [-0.15, -0.1) is 0 Å². The van der Waals surface area contributed by atoms with Crippen LogP contribution < -0.4 is 11.1 Å². The topological polar surface area (TPSA) is 112 Å². The number of nitrogens with one attached hydrogen (secondary N) is 1. The zero-order chi connectivity index (χ0) is 21.3. The minimum absolute atomic E-state index is 0.0786. The molecule has 2 amide bonds. The number of nitrogens with zero attached hydrogens (tertiary/aromatic N) is 3. The van der Waals surface area contributed by atoms with Crippen LogP contribution in [0.25, 0.3) is 0 Å². The molecule has 0 unspecified atom stereocenters. The van der Waals surface area contributed by atoms with E-state index < -0.39 is 6.09 Å². The molecule has 30 heavy (non-hydrogen) atoms. The summed E-state index contributed by atoms with van der Waals surface area (Å²) in [5.41, 5.74) is 8.89. The third-order valence-corrected chi connectivity index (χ3v) is 4.27. The highest BCUT2D eigenvalue weighted by Crippen LogP contribution is 2.07. The van der Waals surface area contributed by atoms with Crippen LogP contribution in [0.5, 0.6) is 0 Å². The molecule has 0 saturated carbocycles. The summed E-state index contributed by atoms with van der Waals surface area (Å²) in [6.45, 7) is 2.88. The Balaban J connectivity index is 1.54. The molecule has 0 atom stereocenters. The first-order valence-corrected chi connectivity index (χ1v) is 9.50. The summed E-state index contributed by atoms with van der Waals surface area (Å²) in [5.74, 6) is -0.128. The summed E-state index contributed by atoms with van der Waals surface area (Å²) < 4.78 is 6.47. The molecule has 0 spiro atoms. The number of carbonyl (C=O) groups is 2. The predicted molar refractivity (Wildman–Crippen MR) is 113 cm³/mol. The van der Waals surface area contributed by atoms with Gasteiger partial charge in [-0.05, 0) is 18.1 Å². The van der Waals surface area contributed by atoms with Gasteiger partial charge in [-0.2, -0.15) is 10.1 Å². The highest BCUT2D eigenvalue weighted by atomic mass is 16.5. The van der Waals surface area contributed by atoms with Crippen molar-refractivity contribution in [2.75, 3.05) is 6.61 Å². The molecule has 8 nitrogen and oxygen atoms in total. The molecule has 0 radical (unpaired) electrons. The molecule has 0 aliphatic rings. The number of amides is 2. The number of aromatic nitrogens is 2. The van der Waals surface area contributed by atoms with Crippen LogP contribution in [0.3, 0.4) is 0 Å². The first-order chi connectivity index (χ1) is 14.5. The fourth-order valence-electron chi connectivity index (χ4n) is 2.73. The van der Waals surface area contributed by atoms with E-state index in [0.717, 1.165) is 11.1 Å². The van der Waals surface area contributed by atoms with E-state index in [2.05, 4.69) is 15.4 Å². The van der Waals surface area contributed by atoms with Crippen molar-refractivity contribution in [3.63, 3.8) is 0 Å². The first-order valence-electron chi connectivity index (χ1n) is 9.50. The second-order valence-electron chi connectivity index (χ2n) is 6.49. The lowest BCUT2D eigenvalue weighted by Crippen LogP contribution is -2.22. The summed E-state index contributed by atoms with van der Waals surface area (Å²) in [6.07, 6.45) is 2.55. The molecule has 3 N–H and O–H groups in total. The van der Waals surface area contributed by atoms with Gasteiger partial charge in [-0.1, -0.05) is 54.6 Å². The van der Waals surface area contributed by atoms with E-state index in [1.807, 2.05) is 42.5 Å². The summed E-state index contributed by atoms with van der Waals surface area (Å²) in [6, 6.07) is 17.0. The summed E-state index contributed by atoms with van der Waals surface area (Å²) in [7, 11) is 0. The third-order valence-electron chi connectivity index (χ3n) is 4.27. The zero-order valence-electron chi connectivity index (χ0n) is 16.6. The van der Waals surface area contributed by atoms with Crippen molar-refractivity contribution in [1.82, 2.24) is 15.1 Å². The number of benzene rings is 2. The van der Waals surface area contributed by atoms with Crippen LogP contribution in [0.1, 0.15) is 34.0 Å². The van der Waals surface area contributed by atoms with Gasteiger partial charge in [0.2, 0.25) is 0 Å². The number of aliphatic imine (C=N–C) groups is 1. The molecule has 0 aliphatic carbocycles. The van der Waals surface area contributed by atoms with Crippen molar-refractivity contribution in [2.24, 2.45) is 10.7 Å². The van der Waals surface area contributed by atoms with E-state index in [4.69, 9.17) is 10.5 Å². The molecular formula is C22H23N5O3. The molecule has 1 heterocycles. The smallest absolute Gasteiger partial charge is 0.435 e. The molecule has 0 fully saturated rings. The normalized spacial score (nSPS) is 11.2. The van der Waals surface area contributed by atoms with Crippen LogP contribution in [-0.2, 0) is 17.8 Å². The van der Waals surface area contributed by atoms with Gasteiger partial charge in [0, 0.05) is 18.3 Å². The van der Waals surface area contributed by atoms with Gasteiger partial charge in [0.25, 0.3) is 5.91 Å². The average Bonchev–Trinajstić information content (AvgIpc) is 3.22. The van der Waals surface area contributed by atoms with Crippen LogP contribution >= 0.6 is 0 Å². The van der Waals surface area contributed by atoms with E-state index in [1.165, 1.54) is 0 Å². The maximum Gasteiger partial charge on any atom is 0.435 e. The maximum atomic E-state index is 12.4. The van der Waals surface area contributed by atoms with Gasteiger partial charge in [0.15, 0.2) is 0 Å². The largest absolute Gasteiger partial charge is 0.448 e. The SMILES string of the molecule is CCOC(=O)/N=C(\N)c1ccc(CNC(=O)c2cnn(Cc3ccccc3)c2)cc1. The van der Waals surface area contributed by atoms with E-state index in [1.54, 1.807) is 36.1 Å². The maximum absolute atomic E-state index is 12.4. The Kier molecular flexibility index (Phi) is 6.94. The molecule has 2 aromatic carbocycles. The van der Waals surface area contributed by atoms with Gasteiger partial charge in [0.1, 0.15) is 5.84 Å². The number of hydrogen-bond acceptors (Lipinski definition) is 4. The van der Waals surface area contributed by atoms with Crippen molar-refractivity contribution >= 4 is 17.8 Å². The van der Waals surface area contributed by atoms with Crippen LogP contribution in [0, 0.1) is 0 Å². The third kappa shape index (κ3) is 5.78. The molecule has 3 aromatic rings. The van der Waals surface area contributed by atoms with E-state index >= 15 is 0 Å². The van der Waals surface area contributed by atoms with E-state index in [9.17, 15) is 9.59 Å². The second-order valence-corrected chi connectivity index (χ2v) is 6.49. The summed E-state index contributed by atoms with van der Waals surface area (Å²) >= 11 is 0. The zero-order valence-corrected chi connectivity index (χ0v) is 16.6. The molecule has 1 aromatic heterocycles. The van der Waals surface area contributed by atoms with Crippen LogP contribution in [0.4, 0.5) is 4.79 Å². The number of nitrogens with two attached hydrogens (primary N) is 1. The number of amidine groups is 1. The van der Waals surface area contributed by atoms with Gasteiger partial charge in [-0.3, -0.25) is 9.48 Å². The fraction of sp³-hybridized carbons (Fsp3) is 0.182. The Bertz CT molecular complexity index is 1030. The monoisotopic (exact) mass is 405 g/mol. The lowest BCUT2D eigenvalue weighted by atomic mass is 10.1. The molecule has 0 aliphatic heterocycles. The Labute approximate surface area is 174 Å². The van der Waals surface area contributed by atoms with Gasteiger partial charge < -0.3 is 15.8 Å². The number of hydrogen-bond donors (Lipinski definition) is 2. The van der Waals surface area contributed by atoms with Crippen LogP contribution in [0.2, 0.25) is 0 Å². The predicted octanol–water partition coefficient (Wildman–Crippen LogP) is 2.72. The molecular weight excluding hydrogens is 382 g/mol. The lowest BCUT2D eigenvalue weighted by molar-refractivity contribution is 0.0950. The average molecular weight is 405 g/mol. The highest BCUT2D eigenvalue weighted by molar-refractivity contribution is 6.02. The van der Waals surface area contributed by atoms with Crippen LogP contribution in [-0.4, -0.2) is 34.2 Å². The molecule has 8 heteroatoms. The van der Waals surface area contributed by atoms with Crippen molar-refractivity contribution in [2.45, 2.75) is 20.0 Å². The molecule has 3 rings (SSSR count). The number of ether oxygens (including phenoxy) is 1. The Morgan fingerprint density at radius 3 is 2.50 bits per heavy atom. The number of carbonyl (C=O) groups excluding carboxylic acids is 2. The van der Waals surface area contributed by atoms with Gasteiger partial charge in [-0.25, -0.2) is 4.79 Å². The minimum atomic E-state index is -0.723. The lowest BCUT2D eigenvalue weighted by Gasteiger charge is -2.06. The van der Waals surface area contributed by atoms with E-state index in [-0.39, 0.29) is 18.3 Å². The Morgan fingerprint density at radius 1 is 1.07 bits per heavy atom. The Hall–Kier alpha value is -3.94. The number of rotatable bonds is 7. The van der Waals surface area contributed by atoms with Crippen LogP contribution in [0.15, 0.2) is 72.0 Å². The summed E-state index contributed by atoms with van der Waals surface area (Å²) in [5, 5.41) is 7.11. The Morgan fingerprint density at radius 2 is 1.80 bits per heavy atom. The standard InChI is InChI=1S/C22H23N5O3/c1-2-30-22(29)26-20(23)18-10-8-16(9-11-18)12-24-21(28)19-13-25-27(15-19)14-17-6-4-3-5-7-17/h3-11,13,15H,2,12,14H2,1H3,(H,24,28)(H2,23,26,29). The van der Waals surface area contributed by atoms with Crippen molar-refractivity contribution in [3.8, 4) is 0 Å². The van der Waals surface area contributed by atoms with Gasteiger partial charge >= 0.3 is 6.09 Å². The highest BCUT2D eigenvalue weighted by Gasteiger charge is 2.09. The minimum Gasteiger partial charge on any atom is -0.448 e. The van der Waals surface area contributed by atoms with Crippen molar-refractivity contribution in [3.05, 3.63) is 89.2 Å². The summed E-state index contributed by atoms with van der Waals surface area (Å²) in [4.78, 5) is 27.4. The van der Waals surface area contributed by atoms with E-state index in [0.29, 0.717) is 24.2 Å². The molecule has 154 valence electrons. The molecule has 0 bridgehead atoms.